The fraction of sp³-hybridized carbons (Fsp3) is 1.00. The largest absolute Gasteiger partial charge is 0.389 e. The van der Waals surface area contributed by atoms with E-state index in [9.17, 15) is 5.11 Å². The van der Waals surface area contributed by atoms with Crippen LogP contribution in [0.15, 0.2) is 0 Å². The van der Waals surface area contributed by atoms with Gasteiger partial charge in [-0.05, 0) is 56.8 Å². The van der Waals surface area contributed by atoms with Gasteiger partial charge in [-0.25, -0.2) is 0 Å². The molecule has 0 aromatic heterocycles. The second-order valence-corrected chi connectivity index (χ2v) is 7.56. The van der Waals surface area contributed by atoms with Crippen molar-refractivity contribution in [3.63, 3.8) is 0 Å². The van der Waals surface area contributed by atoms with Gasteiger partial charge in [0.15, 0.2) is 0 Å². The van der Waals surface area contributed by atoms with Crippen molar-refractivity contribution in [3.8, 4) is 0 Å². The first-order valence-corrected chi connectivity index (χ1v) is 7.78. The zero-order chi connectivity index (χ0) is 14.5. The predicted octanol–water partition coefficient (Wildman–Crippen LogP) is 3.10. The Kier molecular flexibility index (Phi) is 6.28. The second kappa shape index (κ2) is 7.05. The molecule has 0 saturated heterocycles. The lowest BCUT2D eigenvalue weighted by atomic mass is 9.71. The summed E-state index contributed by atoms with van der Waals surface area (Å²) in [6, 6.07) is 0. The van der Waals surface area contributed by atoms with Gasteiger partial charge in [0.2, 0.25) is 0 Å². The molecule has 3 N–H and O–H groups in total. The summed E-state index contributed by atoms with van der Waals surface area (Å²) in [4.78, 5) is 0. The van der Waals surface area contributed by atoms with E-state index in [4.69, 9.17) is 10.5 Å². The first kappa shape index (κ1) is 16.9. The van der Waals surface area contributed by atoms with Crippen LogP contribution in [0.2, 0.25) is 0 Å². The number of hydrogen-bond donors (Lipinski definition) is 2. The molecule has 1 rings (SSSR count). The molecular formula is C16H33NO2. The number of unbranched alkanes of at least 4 members (excludes halogenated alkanes) is 1. The van der Waals surface area contributed by atoms with E-state index in [0.29, 0.717) is 18.1 Å². The van der Waals surface area contributed by atoms with Gasteiger partial charge in [-0.1, -0.05) is 20.8 Å². The van der Waals surface area contributed by atoms with Crippen molar-refractivity contribution in [2.45, 2.75) is 77.9 Å². The van der Waals surface area contributed by atoms with Crippen LogP contribution in [0.3, 0.4) is 0 Å². The lowest BCUT2D eigenvalue weighted by Gasteiger charge is -2.38. The zero-order valence-electron chi connectivity index (χ0n) is 13.2. The van der Waals surface area contributed by atoms with E-state index >= 15 is 0 Å². The number of hydrogen-bond acceptors (Lipinski definition) is 3. The predicted molar refractivity (Wildman–Crippen MR) is 80.1 cm³/mol. The Morgan fingerprint density at radius 2 is 2.00 bits per heavy atom. The van der Waals surface area contributed by atoms with Crippen LogP contribution in [0.4, 0.5) is 0 Å². The molecule has 114 valence electrons. The number of rotatable bonds is 7. The lowest BCUT2D eigenvalue weighted by Crippen LogP contribution is -2.34. The standard InChI is InChI=1S/C16H33NO2/c1-13-9-14(11-15(2,3)10-13)19-8-6-5-7-16(4,18)12-17/h13-14,18H,5-12,17H2,1-4H3. The monoisotopic (exact) mass is 271 g/mol. The molecule has 0 heterocycles. The molecule has 0 aromatic carbocycles. The van der Waals surface area contributed by atoms with Crippen molar-refractivity contribution < 1.29 is 9.84 Å². The molecule has 3 atom stereocenters. The topological polar surface area (TPSA) is 55.5 Å². The minimum atomic E-state index is -0.707. The highest BCUT2D eigenvalue weighted by Gasteiger charge is 2.32. The van der Waals surface area contributed by atoms with Crippen molar-refractivity contribution >= 4 is 0 Å². The summed E-state index contributed by atoms with van der Waals surface area (Å²) < 4.78 is 6.02. The summed E-state index contributed by atoms with van der Waals surface area (Å²) in [5.41, 5.74) is 5.22. The van der Waals surface area contributed by atoms with Gasteiger partial charge in [0.05, 0.1) is 11.7 Å². The molecule has 3 heteroatoms. The minimum Gasteiger partial charge on any atom is -0.389 e. The van der Waals surface area contributed by atoms with Crippen LogP contribution >= 0.6 is 0 Å². The van der Waals surface area contributed by atoms with Gasteiger partial charge >= 0.3 is 0 Å². The third-order valence-electron chi connectivity index (χ3n) is 4.25. The van der Waals surface area contributed by atoms with Crippen molar-refractivity contribution in [2.75, 3.05) is 13.2 Å². The summed E-state index contributed by atoms with van der Waals surface area (Å²) in [6.45, 7) is 9.97. The molecular weight excluding hydrogens is 238 g/mol. The van der Waals surface area contributed by atoms with Crippen LogP contribution in [0.25, 0.3) is 0 Å². The van der Waals surface area contributed by atoms with Crippen molar-refractivity contribution in [3.05, 3.63) is 0 Å². The highest BCUT2D eigenvalue weighted by atomic mass is 16.5. The van der Waals surface area contributed by atoms with E-state index in [2.05, 4.69) is 20.8 Å². The summed E-state index contributed by atoms with van der Waals surface area (Å²) in [5.74, 6) is 0.770. The Morgan fingerprint density at radius 3 is 2.58 bits per heavy atom. The van der Waals surface area contributed by atoms with Gasteiger partial charge in [-0.2, -0.15) is 0 Å². The molecule has 1 aliphatic rings. The molecule has 19 heavy (non-hydrogen) atoms. The molecule has 1 saturated carbocycles. The van der Waals surface area contributed by atoms with E-state index in [0.717, 1.165) is 31.8 Å². The fourth-order valence-electron chi connectivity index (χ4n) is 3.35. The van der Waals surface area contributed by atoms with Crippen LogP contribution in [-0.4, -0.2) is 30.0 Å². The summed E-state index contributed by atoms with van der Waals surface area (Å²) in [6.07, 6.45) is 6.87. The van der Waals surface area contributed by atoms with Crippen LogP contribution in [0.5, 0.6) is 0 Å². The third kappa shape index (κ3) is 6.73. The first-order chi connectivity index (χ1) is 8.74. The first-order valence-electron chi connectivity index (χ1n) is 7.78. The molecule has 3 nitrogen and oxygen atoms in total. The molecule has 0 aliphatic heterocycles. The fourth-order valence-corrected chi connectivity index (χ4v) is 3.35. The molecule has 0 radical (unpaired) electrons. The van der Waals surface area contributed by atoms with E-state index in [1.807, 2.05) is 0 Å². The Hall–Kier alpha value is -0.120. The van der Waals surface area contributed by atoms with E-state index < -0.39 is 5.60 Å². The molecule has 1 fully saturated rings. The van der Waals surface area contributed by atoms with Crippen molar-refractivity contribution in [1.82, 2.24) is 0 Å². The lowest BCUT2D eigenvalue weighted by molar-refractivity contribution is -0.0257. The Morgan fingerprint density at radius 1 is 1.32 bits per heavy atom. The Labute approximate surface area is 118 Å². The highest BCUT2D eigenvalue weighted by molar-refractivity contribution is 4.83. The second-order valence-electron chi connectivity index (χ2n) is 7.56. The third-order valence-corrected chi connectivity index (χ3v) is 4.25. The van der Waals surface area contributed by atoms with E-state index in [1.54, 1.807) is 6.92 Å². The van der Waals surface area contributed by atoms with Gasteiger partial charge < -0.3 is 15.6 Å². The van der Waals surface area contributed by atoms with Crippen LogP contribution in [0, 0.1) is 11.3 Å². The van der Waals surface area contributed by atoms with E-state index in [-0.39, 0.29) is 0 Å². The molecule has 0 spiro atoms. The van der Waals surface area contributed by atoms with Crippen molar-refractivity contribution in [1.29, 1.82) is 0 Å². The minimum absolute atomic E-state index is 0.336. The quantitative estimate of drug-likeness (QED) is 0.700. The van der Waals surface area contributed by atoms with Crippen LogP contribution < -0.4 is 5.73 Å². The van der Waals surface area contributed by atoms with Gasteiger partial charge in [-0.15, -0.1) is 0 Å². The Bertz CT molecular complexity index is 263. The van der Waals surface area contributed by atoms with Gasteiger partial charge in [0, 0.05) is 13.2 Å². The molecule has 0 amide bonds. The van der Waals surface area contributed by atoms with Gasteiger partial charge in [-0.3, -0.25) is 0 Å². The smallest absolute Gasteiger partial charge is 0.0741 e. The zero-order valence-corrected chi connectivity index (χ0v) is 13.2. The number of aliphatic hydroxyl groups is 1. The summed E-state index contributed by atoms with van der Waals surface area (Å²) in [7, 11) is 0. The maximum Gasteiger partial charge on any atom is 0.0741 e. The molecule has 0 bridgehead atoms. The number of ether oxygens (including phenoxy) is 1. The van der Waals surface area contributed by atoms with Crippen molar-refractivity contribution in [2.24, 2.45) is 17.1 Å². The maximum atomic E-state index is 9.81. The molecule has 0 aromatic rings. The van der Waals surface area contributed by atoms with E-state index in [1.165, 1.54) is 19.3 Å². The summed E-state index contributed by atoms with van der Waals surface area (Å²) in [5, 5.41) is 9.81. The van der Waals surface area contributed by atoms with Gasteiger partial charge in [0.25, 0.3) is 0 Å². The Balaban J connectivity index is 2.16. The maximum absolute atomic E-state index is 9.81. The highest BCUT2D eigenvalue weighted by Crippen LogP contribution is 2.39. The summed E-state index contributed by atoms with van der Waals surface area (Å²) >= 11 is 0. The normalized spacial score (nSPS) is 30.0. The molecule has 1 aliphatic carbocycles. The molecule has 3 unspecified atom stereocenters. The SMILES string of the molecule is CC1CC(OCCCCC(C)(O)CN)CC(C)(C)C1. The average molecular weight is 271 g/mol. The van der Waals surface area contributed by atoms with Crippen LogP contribution in [0.1, 0.15) is 66.2 Å². The average Bonchev–Trinajstić information content (AvgIpc) is 2.25. The van der Waals surface area contributed by atoms with Gasteiger partial charge in [0.1, 0.15) is 0 Å². The number of nitrogens with two attached hydrogens (primary N) is 1. The van der Waals surface area contributed by atoms with Crippen LogP contribution in [-0.2, 0) is 4.74 Å².